The molecule has 0 spiro atoms. The van der Waals surface area contributed by atoms with Crippen LogP contribution in [0.2, 0.25) is 0 Å². The maximum Gasteiger partial charge on any atom is 0.263 e. The number of benzene rings is 1. The van der Waals surface area contributed by atoms with E-state index in [-0.39, 0.29) is 11.3 Å². The van der Waals surface area contributed by atoms with Crippen LogP contribution < -0.4 is 9.47 Å². The number of carbonyl (C=O) groups excluding carboxylic acids is 1. The number of nitrogens with zero attached hydrogens (tertiary/aromatic N) is 1. The Morgan fingerprint density at radius 1 is 1.24 bits per heavy atom. The molecule has 2 rings (SSSR count). The third-order valence-corrected chi connectivity index (χ3v) is 3.94. The SMILES string of the molecule is COc1cc(C(F)F)cc(C2(N=C=O)CCCC2)c1OC. The van der Waals surface area contributed by atoms with Gasteiger partial charge in [-0.2, -0.15) is 4.99 Å². The van der Waals surface area contributed by atoms with Crippen LogP contribution in [-0.4, -0.2) is 20.3 Å². The molecule has 21 heavy (non-hydrogen) atoms. The minimum Gasteiger partial charge on any atom is -0.493 e. The van der Waals surface area contributed by atoms with Crippen molar-refractivity contribution in [3.63, 3.8) is 0 Å². The molecule has 1 aliphatic carbocycles. The van der Waals surface area contributed by atoms with Gasteiger partial charge in [0.25, 0.3) is 6.43 Å². The van der Waals surface area contributed by atoms with Gasteiger partial charge in [0.2, 0.25) is 6.08 Å². The second-order valence-corrected chi connectivity index (χ2v) is 5.05. The van der Waals surface area contributed by atoms with Crippen LogP contribution in [0.15, 0.2) is 17.1 Å². The summed E-state index contributed by atoms with van der Waals surface area (Å²) in [6.07, 6.45) is 1.89. The van der Waals surface area contributed by atoms with E-state index >= 15 is 0 Å². The van der Waals surface area contributed by atoms with Crippen LogP contribution in [0.3, 0.4) is 0 Å². The zero-order valence-corrected chi connectivity index (χ0v) is 12.0. The number of hydrogen-bond donors (Lipinski definition) is 0. The zero-order valence-electron chi connectivity index (χ0n) is 12.0. The Morgan fingerprint density at radius 3 is 2.38 bits per heavy atom. The van der Waals surface area contributed by atoms with Crippen molar-refractivity contribution in [3.8, 4) is 11.5 Å². The Labute approximate surface area is 121 Å². The van der Waals surface area contributed by atoms with Gasteiger partial charge >= 0.3 is 0 Å². The molecule has 114 valence electrons. The molecule has 0 aromatic heterocycles. The van der Waals surface area contributed by atoms with Crippen molar-refractivity contribution < 1.29 is 23.0 Å². The van der Waals surface area contributed by atoms with Crippen molar-refractivity contribution in [1.29, 1.82) is 0 Å². The predicted molar refractivity (Wildman–Crippen MR) is 72.8 cm³/mol. The molecule has 0 atom stereocenters. The van der Waals surface area contributed by atoms with Crippen molar-refractivity contribution in [3.05, 3.63) is 23.3 Å². The lowest BCUT2D eigenvalue weighted by Gasteiger charge is -2.26. The average molecular weight is 297 g/mol. The highest BCUT2D eigenvalue weighted by Gasteiger charge is 2.39. The lowest BCUT2D eigenvalue weighted by atomic mass is 9.86. The van der Waals surface area contributed by atoms with E-state index in [9.17, 15) is 13.6 Å². The largest absolute Gasteiger partial charge is 0.493 e. The van der Waals surface area contributed by atoms with Gasteiger partial charge in [-0.15, -0.1) is 0 Å². The first-order valence-corrected chi connectivity index (χ1v) is 6.71. The Bertz CT molecular complexity index is 562. The number of halogens is 2. The first kappa shape index (κ1) is 15.4. The standard InChI is InChI=1S/C15H17F2NO3/c1-20-12-8-10(14(16)17)7-11(13(12)21-2)15(18-9-19)5-3-4-6-15/h7-8,14H,3-6H2,1-2H3. The Kier molecular flexibility index (Phi) is 4.58. The number of hydrogen-bond acceptors (Lipinski definition) is 4. The van der Waals surface area contributed by atoms with Crippen LogP contribution in [0.4, 0.5) is 8.78 Å². The molecule has 1 aromatic rings. The Hall–Kier alpha value is -1.94. The van der Waals surface area contributed by atoms with Gasteiger partial charge in [0, 0.05) is 11.1 Å². The van der Waals surface area contributed by atoms with Crippen LogP contribution >= 0.6 is 0 Å². The first-order valence-electron chi connectivity index (χ1n) is 6.71. The molecule has 6 heteroatoms. The maximum atomic E-state index is 13.1. The number of ether oxygens (including phenoxy) is 2. The van der Waals surface area contributed by atoms with Crippen LogP contribution in [0.1, 0.15) is 43.2 Å². The van der Waals surface area contributed by atoms with E-state index in [4.69, 9.17) is 9.47 Å². The number of isocyanates is 1. The molecule has 1 fully saturated rings. The van der Waals surface area contributed by atoms with Crippen molar-refractivity contribution in [2.45, 2.75) is 37.6 Å². The molecule has 0 aliphatic heterocycles. The molecule has 0 radical (unpaired) electrons. The quantitative estimate of drug-likeness (QED) is 0.614. The Morgan fingerprint density at radius 2 is 1.90 bits per heavy atom. The van der Waals surface area contributed by atoms with E-state index in [1.165, 1.54) is 26.4 Å². The summed E-state index contributed by atoms with van der Waals surface area (Å²) in [7, 11) is 2.83. The number of alkyl halides is 2. The zero-order chi connectivity index (χ0) is 15.5. The molecule has 0 heterocycles. The minimum absolute atomic E-state index is 0.171. The number of methoxy groups -OCH3 is 2. The van der Waals surface area contributed by atoms with Gasteiger partial charge in [-0.05, 0) is 25.0 Å². The topological polar surface area (TPSA) is 47.9 Å². The molecule has 4 nitrogen and oxygen atoms in total. The van der Waals surface area contributed by atoms with Crippen LogP contribution in [0.5, 0.6) is 11.5 Å². The maximum absolute atomic E-state index is 13.1. The van der Waals surface area contributed by atoms with Gasteiger partial charge in [0.1, 0.15) is 5.54 Å². The lowest BCUT2D eigenvalue weighted by Crippen LogP contribution is -2.20. The minimum atomic E-state index is -2.64. The highest BCUT2D eigenvalue weighted by molar-refractivity contribution is 5.54. The van der Waals surface area contributed by atoms with Gasteiger partial charge in [0.05, 0.1) is 14.2 Å². The van der Waals surface area contributed by atoms with Gasteiger partial charge < -0.3 is 9.47 Å². The summed E-state index contributed by atoms with van der Waals surface area (Å²) in [6.45, 7) is 0. The molecule has 0 bridgehead atoms. The summed E-state index contributed by atoms with van der Waals surface area (Å²) in [6, 6.07) is 2.61. The fourth-order valence-electron chi connectivity index (χ4n) is 2.95. The third kappa shape index (κ3) is 2.76. The molecule has 0 unspecified atom stereocenters. The van der Waals surface area contributed by atoms with E-state index in [0.29, 0.717) is 24.2 Å². The normalized spacial score (nSPS) is 16.6. The second-order valence-electron chi connectivity index (χ2n) is 5.05. The predicted octanol–water partition coefficient (Wildman–Crippen LogP) is 3.75. The van der Waals surface area contributed by atoms with Gasteiger partial charge in [-0.3, -0.25) is 0 Å². The molecule has 1 saturated carbocycles. The van der Waals surface area contributed by atoms with Crippen molar-refractivity contribution >= 4 is 6.08 Å². The molecular weight excluding hydrogens is 280 g/mol. The van der Waals surface area contributed by atoms with E-state index in [1.807, 2.05) is 0 Å². The smallest absolute Gasteiger partial charge is 0.263 e. The fraction of sp³-hybridized carbons (Fsp3) is 0.533. The summed E-state index contributed by atoms with van der Waals surface area (Å²) in [5, 5.41) is 0. The third-order valence-electron chi connectivity index (χ3n) is 3.94. The monoisotopic (exact) mass is 297 g/mol. The van der Waals surface area contributed by atoms with Crippen molar-refractivity contribution in [2.75, 3.05) is 14.2 Å². The lowest BCUT2D eigenvalue weighted by molar-refractivity contribution is 0.150. The van der Waals surface area contributed by atoms with Gasteiger partial charge in [0.15, 0.2) is 11.5 Å². The van der Waals surface area contributed by atoms with Crippen LogP contribution in [-0.2, 0) is 10.3 Å². The number of rotatable bonds is 5. The summed E-state index contributed by atoms with van der Waals surface area (Å²) in [4.78, 5) is 14.7. The summed E-state index contributed by atoms with van der Waals surface area (Å²) >= 11 is 0. The van der Waals surface area contributed by atoms with E-state index in [1.54, 1.807) is 6.08 Å². The highest BCUT2D eigenvalue weighted by atomic mass is 19.3. The summed E-state index contributed by atoms with van der Waals surface area (Å²) in [5.41, 5.74) is -0.541. The van der Waals surface area contributed by atoms with E-state index < -0.39 is 12.0 Å². The molecule has 0 saturated heterocycles. The molecule has 0 amide bonds. The summed E-state index contributed by atoms with van der Waals surface area (Å²) < 4.78 is 36.7. The highest BCUT2D eigenvalue weighted by Crippen LogP contribution is 2.49. The van der Waals surface area contributed by atoms with E-state index in [0.717, 1.165) is 12.8 Å². The molecule has 0 N–H and O–H groups in total. The van der Waals surface area contributed by atoms with Gasteiger partial charge in [-0.25, -0.2) is 13.6 Å². The molecular formula is C15H17F2NO3. The second kappa shape index (κ2) is 6.22. The average Bonchev–Trinajstić information content (AvgIpc) is 2.95. The van der Waals surface area contributed by atoms with Crippen molar-refractivity contribution in [1.82, 2.24) is 0 Å². The van der Waals surface area contributed by atoms with Crippen LogP contribution in [0.25, 0.3) is 0 Å². The van der Waals surface area contributed by atoms with Gasteiger partial charge in [-0.1, -0.05) is 12.8 Å². The van der Waals surface area contributed by atoms with Crippen molar-refractivity contribution in [2.24, 2.45) is 4.99 Å². The van der Waals surface area contributed by atoms with E-state index in [2.05, 4.69) is 4.99 Å². The Balaban J connectivity index is 2.69. The first-order chi connectivity index (χ1) is 10.1. The molecule has 1 aromatic carbocycles. The van der Waals surface area contributed by atoms with Crippen LogP contribution in [0, 0.1) is 0 Å². The fourth-order valence-corrected chi connectivity index (χ4v) is 2.95. The molecule has 1 aliphatic rings. The number of aliphatic imine (C=N–C) groups is 1. The summed E-state index contributed by atoms with van der Waals surface area (Å²) in [5.74, 6) is 0.570.